The van der Waals surface area contributed by atoms with E-state index in [0.717, 1.165) is 0 Å². The van der Waals surface area contributed by atoms with Gasteiger partial charge < -0.3 is 9.47 Å². The summed E-state index contributed by atoms with van der Waals surface area (Å²) in [7, 11) is 2.36. The summed E-state index contributed by atoms with van der Waals surface area (Å²) >= 11 is 0. The minimum Gasteiger partial charge on any atom is -0.479 e. The molecule has 0 bridgehead atoms. The van der Waals surface area contributed by atoms with E-state index in [1.165, 1.54) is 14.2 Å². The third kappa shape index (κ3) is 3.34. The van der Waals surface area contributed by atoms with Gasteiger partial charge in [-0.3, -0.25) is 15.0 Å². The van der Waals surface area contributed by atoms with Crippen molar-refractivity contribution < 1.29 is 19.1 Å². The van der Waals surface area contributed by atoms with Gasteiger partial charge in [0.1, 0.15) is 6.42 Å². The van der Waals surface area contributed by atoms with Gasteiger partial charge in [-0.15, -0.1) is 0 Å². The molecule has 0 aromatic heterocycles. The number of Topliss-reactive ketones (excluding diaryl/α,β-unsaturated/α-hetero) is 1. The summed E-state index contributed by atoms with van der Waals surface area (Å²) in [6.45, 7) is 0. The van der Waals surface area contributed by atoms with Crippen LogP contribution in [0.2, 0.25) is 0 Å². The lowest BCUT2D eigenvalue weighted by molar-refractivity contribution is -0.142. The monoisotopic (exact) mass is 159 g/mol. The summed E-state index contributed by atoms with van der Waals surface area (Å²) in [5, 5.41) is 6.83. The van der Waals surface area contributed by atoms with Gasteiger partial charge >= 0.3 is 5.97 Å². The Morgan fingerprint density at radius 2 is 1.82 bits per heavy atom. The average molecular weight is 159 g/mol. The molecule has 0 aliphatic carbocycles. The van der Waals surface area contributed by atoms with Crippen LogP contribution < -0.4 is 0 Å². The molecule has 0 fully saturated rings. The number of ether oxygens (including phenoxy) is 2. The summed E-state index contributed by atoms with van der Waals surface area (Å²) in [4.78, 5) is 21.1. The number of carbonyl (C=O) groups is 2. The van der Waals surface area contributed by atoms with E-state index in [4.69, 9.17) is 5.41 Å². The Balaban J connectivity index is 3.88. The second-order valence-corrected chi connectivity index (χ2v) is 1.71. The van der Waals surface area contributed by atoms with Gasteiger partial charge in [-0.1, -0.05) is 0 Å². The Labute approximate surface area is 63.8 Å². The van der Waals surface area contributed by atoms with Crippen molar-refractivity contribution in [1.29, 1.82) is 5.41 Å². The Morgan fingerprint density at radius 3 is 2.18 bits per heavy atom. The number of carbonyl (C=O) groups excluding carboxylic acids is 2. The summed E-state index contributed by atoms with van der Waals surface area (Å²) < 4.78 is 8.49. The highest BCUT2D eigenvalue weighted by molar-refractivity contribution is 6.37. The molecule has 0 amide bonds. The highest BCUT2D eigenvalue weighted by Gasteiger charge is 2.14. The highest BCUT2D eigenvalue weighted by atomic mass is 16.5. The first kappa shape index (κ1) is 9.61. The zero-order valence-corrected chi connectivity index (χ0v) is 6.34. The molecule has 0 saturated carbocycles. The third-order valence-electron chi connectivity index (χ3n) is 0.990. The fourth-order valence-electron chi connectivity index (χ4n) is 0.397. The molecular weight excluding hydrogens is 150 g/mol. The second kappa shape index (κ2) is 4.43. The standard InChI is InChI=1S/C6H9NO4/c1-10-5(9)3-4(8)6(7)11-2/h7H,3H2,1-2H3. The van der Waals surface area contributed by atoms with Gasteiger partial charge in [-0.25, -0.2) is 0 Å². The first-order valence-electron chi connectivity index (χ1n) is 2.84. The van der Waals surface area contributed by atoms with Crippen molar-refractivity contribution in [2.24, 2.45) is 0 Å². The molecule has 5 heteroatoms. The number of methoxy groups -OCH3 is 2. The van der Waals surface area contributed by atoms with Crippen molar-refractivity contribution >= 4 is 17.7 Å². The largest absolute Gasteiger partial charge is 0.479 e. The molecule has 5 nitrogen and oxygen atoms in total. The fraction of sp³-hybridized carbons (Fsp3) is 0.500. The summed E-state index contributed by atoms with van der Waals surface area (Å²) in [6, 6.07) is 0. The Bertz CT molecular complexity index is 187. The van der Waals surface area contributed by atoms with Crippen LogP contribution in [0.5, 0.6) is 0 Å². The number of esters is 1. The second-order valence-electron chi connectivity index (χ2n) is 1.71. The Morgan fingerprint density at radius 1 is 1.27 bits per heavy atom. The molecule has 0 saturated heterocycles. The fourth-order valence-corrected chi connectivity index (χ4v) is 0.397. The Kier molecular flexibility index (Phi) is 3.87. The van der Waals surface area contributed by atoms with Crippen LogP contribution >= 0.6 is 0 Å². The minimum absolute atomic E-state index is 0.441. The van der Waals surface area contributed by atoms with E-state index in [-0.39, 0.29) is 0 Å². The summed E-state index contributed by atoms with van der Waals surface area (Å²) in [6.07, 6.45) is -0.441. The van der Waals surface area contributed by atoms with Crippen molar-refractivity contribution in [2.45, 2.75) is 6.42 Å². The lowest BCUT2D eigenvalue weighted by Gasteiger charge is -1.98. The van der Waals surface area contributed by atoms with E-state index in [1.807, 2.05) is 0 Å². The average Bonchev–Trinajstić information content (AvgIpc) is 2.02. The van der Waals surface area contributed by atoms with Crippen molar-refractivity contribution in [1.82, 2.24) is 0 Å². The molecule has 1 N–H and O–H groups in total. The van der Waals surface area contributed by atoms with Gasteiger partial charge in [0.05, 0.1) is 14.2 Å². The molecule has 0 aliphatic heterocycles. The first-order chi connectivity index (χ1) is 5.11. The molecule has 0 heterocycles. The number of nitrogens with one attached hydrogen (secondary N) is 1. The van der Waals surface area contributed by atoms with Crippen LogP contribution in [0, 0.1) is 5.41 Å². The normalized spacial score (nSPS) is 8.55. The van der Waals surface area contributed by atoms with Crippen LogP contribution in [0.25, 0.3) is 0 Å². The van der Waals surface area contributed by atoms with Crippen LogP contribution in [0.3, 0.4) is 0 Å². The minimum atomic E-state index is -0.681. The quantitative estimate of drug-likeness (QED) is 0.266. The molecule has 0 unspecified atom stereocenters. The third-order valence-corrected chi connectivity index (χ3v) is 0.990. The topological polar surface area (TPSA) is 76.5 Å². The SMILES string of the molecule is COC(=N)C(=O)CC(=O)OC. The summed E-state index contributed by atoms with van der Waals surface area (Å²) in [5.74, 6) is -1.88. The zero-order valence-electron chi connectivity index (χ0n) is 6.34. The van der Waals surface area contributed by atoms with Gasteiger partial charge in [0.15, 0.2) is 0 Å². The van der Waals surface area contributed by atoms with Crippen molar-refractivity contribution in [3.8, 4) is 0 Å². The molecule has 0 radical (unpaired) electrons. The molecule has 0 aliphatic rings. The maximum absolute atomic E-state index is 10.7. The molecule has 0 aromatic carbocycles. The number of rotatable bonds is 3. The van der Waals surface area contributed by atoms with Crippen LogP contribution in [0.1, 0.15) is 6.42 Å². The zero-order chi connectivity index (χ0) is 8.85. The van der Waals surface area contributed by atoms with E-state index in [9.17, 15) is 9.59 Å². The molecule has 0 aromatic rings. The maximum Gasteiger partial charge on any atom is 0.313 e. The van der Waals surface area contributed by atoms with Crippen LogP contribution in [0.4, 0.5) is 0 Å². The van der Waals surface area contributed by atoms with Crippen LogP contribution in [-0.2, 0) is 19.1 Å². The summed E-state index contributed by atoms with van der Waals surface area (Å²) in [5.41, 5.74) is 0. The Hall–Kier alpha value is -1.39. The van der Waals surface area contributed by atoms with Gasteiger partial charge in [-0.05, 0) is 0 Å². The van der Waals surface area contributed by atoms with E-state index in [1.54, 1.807) is 0 Å². The van der Waals surface area contributed by atoms with E-state index >= 15 is 0 Å². The molecular formula is C6H9NO4. The van der Waals surface area contributed by atoms with Gasteiger partial charge in [0, 0.05) is 0 Å². The van der Waals surface area contributed by atoms with Crippen LogP contribution in [-0.4, -0.2) is 31.9 Å². The maximum atomic E-state index is 10.7. The number of ketones is 1. The molecule has 62 valence electrons. The van der Waals surface area contributed by atoms with Gasteiger partial charge in [-0.2, -0.15) is 0 Å². The smallest absolute Gasteiger partial charge is 0.313 e. The van der Waals surface area contributed by atoms with Crippen molar-refractivity contribution in [3.63, 3.8) is 0 Å². The number of hydrogen-bond acceptors (Lipinski definition) is 5. The number of hydrogen-bond donors (Lipinski definition) is 1. The molecule has 0 rings (SSSR count). The van der Waals surface area contributed by atoms with E-state index in [0.29, 0.717) is 0 Å². The molecule has 0 spiro atoms. The van der Waals surface area contributed by atoms with Crippen LogP contribution in [0.15, 0.2) is 0 Å². The van der Waals surface area contributed by atoms with Crippen molar-refractivity contribution in [2.75, 3.05) is 14.2 Å². The first-order valence-corrected chi connectivity index (χ1v) is 2.84. The molecule has 11 heavy (non-hydrogen) atoms. The van der Waals surface area contributed by atoms with Gasteiger partial charge in [0.25, 0.3) is 5.90 Å². The highest BCUT2D eigenvalue weighted by Crippen LogP contribution is 1.89. The van der Waals surface area contributed by atoms with Gasteiger partial charge in [0.2, 0.25) is 5.78 Å². The lowest BCUT2D eigenvalue weighted by Crippen LogP contribution is -2.19. The van der Waals surface area contributed by atoms with E-state index in [2.05, 4.69) is 9.47 Å². The van der Waals surface area contributed by atoms with Crippen molar-refractivity contribution in [3.05, 3.63) is 0 Å². The molecule has 0 atom stereocenters. The lowest BCUT2D eigenvalue weighted by atomic mass is 10.3. The van der Waals surface area contributed by atoms with E-state index < -0.39 is 24.1 Å². The predicted molar refractivity (Wildman–Crippen MR) is 36.4 cm³/mol. The predicted octanol–water partition coefficient (Wildman–Crippen LogP) is -0.258.